The number of imide groups is 1. The fourth-order valence-corrected chi connectivity index (χ4v) is 3.65. The maximum atomic E-state index is 12.8. The first-order valence-electron chi connectivity index (χ1n) is 9.93. The van der Waals surface area contributed by atoms with Crippen LogP contribution in [-0.4, -0.2) is 35.5 Å². The molecular formula is C23H23N3O5. The summed E-state index contributed by atoms with van der Waals surface area (Å²) < 4.78 is 5.55. The van der Waals surface area contributed by atoms with Gasteiger partial charge in [-0.1, -0.05) is 12.1 Å². The Kier molecular flexibility index (Phi) is 6.68. The molecule has 0 saturated carbocycles. The molecule has 0 radical (unpaired) electrons. The fraction of sp³-hybridized carbons (Fsp3) is 0.304. The number of fused-ring (bicyclic) bond motifs is 1. The molecule has 0 unspecified atom stereocenters. The van der Waals surface area contributed by atoms with Gasteiger partial charge >= 0.3 is 5.97 Å². The molecule has 3 rings (SSSR count). The Morgan fingerprint density at radius 2 is 2.00 bits per heavy atom. The van der Waals surface area contributed by atoms with Crippen molar-refractivity contribution in [3.63, 3.8) is 0 Å². The lowest BCUT2D eigenvalue weighted by Crippen LogP contribution is -2.31. The third kappa shape index (κ3) is 5.08. The van der Waals surface area contributed by atoms with Gasteiger partial charge in [0.15, 0.2) is 0 Å². The van der Waals surface area contributed by atoms with Crippen molar-refractivity contribution in [1.82, 2.24) is 10.6 Å². The lowest BCUT2D eigenvalue weighted by Gasteiger charge is -2.14. The molecule has 0 heterocycles. The van der Waals surface area contributed by atoms with Crippen molar-refractivity contribution in [3.8, 4) is 11.8 Å². The van der Waals surface area contributed by atoms with Gasteiger partial charge in [0.25, 0.3) is 11.8 Å². The molecule has 0 saturated heterocycles. The van der Waals surface area contributed by atoms with E-state index in [1.165, 1.54) is 18.2 Å². The zero-order valence-corrected chi connectivity index (χ0v) is 17.3. The number of amides is 2. The molecule has 0 spiro atoms. The zero-order chi connectivity index (χ0) is 22.5. The highest BCUT2D eigenvalue weighted by atomic mass is 16.5. The van der Waals surface area contributed by atoms with Gasteiger partial charge in [0.05, 0.1) is 18.2 Å². The molecule has 160 valence electrons. The molecule has 1 atom stereocenters. The molecule has 1 aliphatic carbocycles. The minimum atomic E-state index is -0.950. The minimum Gasteiger partial charge on any atom is -0.490 e. The van der Waals surface area contributed by atoms with Crippen LogP contribution in [0.3, 0.4) is 0 Å². The van der Waals surface area contributed by atoms with Crippen LogP contribution >= 0.6 is 0 Å². The van der Waals surface area contributed by atoms with Crippen molar-refractivity contribution < 1.29 is 24.2 Å². The molecule has 0 bridgehead atoms. The number of nitriles is 1. The number of nitrogens with zero attached hydrogens (tertiary/aromatic N) is 1. The van der Waals surface area contributed by atoms with Gasteiger partial charge in [0, 0.05) is 17.2 Å². The van der Waals surface area contributed by atoms with Crippen LogP contribution in [0.1, 0.15) is 63.7 Å². The summed E-state index contributed by atoms with van der Waals surface area (Å²) in [6, 6.07) is 11.5. The molecule has 2 amide bonds. The van der Waals surface area contributed by atoms with E-state index in [1.54, 1.807) is 12.1 Å². The van der Waals surface area contributed by atoms with Gasteiger partial charge in [0.1, 0.15) is 11.8 Å². The molecule has 2 aromatic carbocycles. The van der Waals surface area contributed by atoms with Crippen molar-refractivity contribution in [2.45, 2.75) is 38.8 Å². The first-order valence-corrected chi connectivity index (χ1v) is 9.93. The van der Waals surface area contributed by atoms with Crippen molar-refractivity contribution >= 4 is 17.8 Å². The average Bonchev–Trinajstić information content (AvgIpc) is 3.15. The number of carbonyl (C=O) groups is 3. The Bertz CT molecular complexity index is 1070. The predicted octanol–water partition coefficient (Wildman–Crippen LogP) is 2.58. The second-order valence-electron chi connectivity index (χ2n) is 7.51. The van der Waals surface area contributed by atoms with Crippen LogP contribution in [0.5, 0.6) is 5.75 Å². The number of rotatable bonds is 7. The number of benzene rings is 2. The molecule has 8 heteroatoms. The van der Waals surface area contributed by atoms with Crippen molar-refractivity contribution in [2.75, 3.05) is 6.54 Å². The first-order chi connectivity index (χ1) is 14.8. The van der Waals surface area contributed by atoms with Crippen LogP contribution in [0.15, 0.2) is 36.4 Å². The summed E-state index contributed by atoms with van der Waals surface area (Å²) in [5, 5.41) is 23.5. The molecule has 0 aromatic heterocycles. The summed E-state index contributed by atoms with van der Waals surface area (Å²) in [4.78, 5) is 36.2. The topological polar surface area (TPSA) is 129 Å². The number of nitrogens with one attached hydrogen (secondary N) is 2. The Morgan fingerprint density at radius 1 is 1.23 bits per heavy atom. The van der Waals surface area contributed by atoms with E-state index in [0.29, 0.717) is 24.2 Å². The van der Waals surface area contributed by atoms with Gasteiger partial charge in [-0.25, -0.2) is 0 Å². The third-order valence-electron chi connectivity index (χ3n) is 4.97. The summed E-state index contributed by atoms with van der Waals surface area (Å²) in [7, 11) is 0. The number of hydrogen-bond acceptors (Lipinski definition) is 6. The van der Waals surface area contributed by atoms with E-state index in [1.807, 2.05) is 26.0 Å². The average molecular weight is 421 g/mol. The maximum absolute atomic E-state index is 12.8. The second kappa shape index (κ2) is 9.41. The largest absolute Gasteiger partial charge is 0.490 e. The van der Waals surface area contributed by atoms with E-state index >= 15 is 0 Å². The molecular weight excluding hydrogens is 398 g/mol. The van der Waals surface area contributed by atoms with Crippen LogP contribution in [0.25, 0.3) is 0 Å². The van der Waals surface area contributed by atoms with Crippen LogP contribution in [0, 0.1) is 11.3 Å². The third-order valence-corrected chi connectivity index (χ3v) is 4.97. The molecule has 31 heavy (non-hydrogen) atoms. The van der Waals surface area contributed by atoms with Gasteiger partial charge < -0.3 is 15.2 Å². The maximum Gasteiger partial charge on any atom is 0.317 e. The molecule has 0 fully saturated rings. The van der Waals surface area contributed by atoms with Crippen LogP contribution in [-0.2, 0) is 11.2 Å². The van der Waals surface area contributed by atoms with Gasteiger partial charge in [0.2, 0.25) is 0 Å². The quantitative estimate of drug-likeness (QED) is 0.586. The molecule has 3 N–H and O–H groups in total. The number of hydrogen-bond donors (Lipinski definition) is 3. The number of carbonyl (C=O) groups excluding carboxylic acids is 2. The van der Waals surface area contributed by atoms with E-state index in [4.69, 9.17) is 9.84 Å². The number of carboxylic acids is 1. The molecule has 8 nitrogen and oxygen atoms in total. The first kappa shape index (κ1) is 22.0. The highest BCUT2D eigenvalue weighted by Gasteiger charge is 2.27. The number of ether oxygens (including phenoxy) is 1. The van der Waals surface area contributed by atoms with Gasteiger partial charge in [-0.15, -0.1) is 0 Å². The van der Waals surface area contributed by atoms with Crippen LogP contribution < -0.4 is 15.4 Å². The SMILES string of the molecule is CC(C)Oc1ccc(C(=O)NC(=O)c2cccc3c2CC[C@@H]3NCC(=O)O)cc1C#N. The summed E-state index contributed by atoms with van der Waals surface area (Å²) in [6.07, 6.45) is 1.15. The van der Waals surface area contributed by atoms with Gasteiger partial charge in [-0.05, 0) is 62.1 Å². The standard InChI is InChI=1S/C23H23N3O5/c1-13(2)31-20-9-6-14(10-15(20)11-24)22(29)26-23(30)18-5-3-4-17-16(18)7-8-19(17)25-12-21(27)28/h3-6,9-10,13,19,25H,7-8,12H2,1-2H3,(H,27,28)(H,26,29,30)/t19-/m0/s1. The summed E-state index contributed by atoms with van der Waals surface area (Å²) >= 11 is 0. The monoisotopic (exact) mass is 421 g/mol. The number of carboxylic acid groups (broad SMARTS) is 1. The second-order valence-corrected chi connectivity index (χ2v) is 7.51. The summed E-state index contributed by atoms with van der Waals surface area (Å²) in [5.74, 6) is -1.73. The van der Waals surface area contributed by atoms with E-state index < -0.39 is 17.8 Å². The van der Waals surface area contributed by atoms with E-state index in [9.17, 15) is 19.6 Å². The van der Waals surface area contributed by atoms with E-state index in [-0.39, 0.29) is 29.8 Å². The Labute approximate surface area is 179 Å². The van der Waals surface area contributed by atoms with Crippen molar-refractivity contribution in [3.05, 3.63) is 64.2 Å². The van der Waals surface area contributed by atoms with Gasteiger partial charge in [-0.3, -0.25) is 19.7 Å². The van der Waals surface area contributed by atoms with Crippen molar-refractivity contribution in [2.24, 2.45) is 0 Å². The minimum absolute atomic E-state index is 0.123. The normalized spacial score (nSPS) is 14.6. The Hall–Kier alpha value is -3.70. The smallest absolute Gasteiger partial charge is 0.317 e. The summed E-state index contributed by atoms with van der Waals surface area (Å²) in [6.45, 7) is 3.50. The van der Waals surface area contributed by atoms with Crippen LogP contribution in [0.2, 0.25) is 0 Å². The highest BCUT2D eigenvalue weighted by molar-refractivity contribution is 6.11. The Balaban J connectivity index is 1.76. The van der Waals surface area contributed by atoms with Crippen molar-refractivity contribution in [1.29, 1.82) is 5.26 Å². The molecule has 1 aliphatic rings. The fourth-order valence-electron chi connectivity index (χ4n) is 3.65. The Morgan fingerprint density at radius 3 is 2.68 bits per heavy atom. The van der Waals surface area contributed by atoms with Crippen LogP contribution in [0.4, 0.5) is 0 Å². The molecule has 2 aromatic rings. The van der Waals surface area contributed by atoms with E-state index in [2.05, 4.69) is 10.6 Å². The highest BCUT2D eigenvalue weighted by Crippen LogP contribution is 2.33. The zero-order valence-electron chi connectivity index (χ0n) is 17.3. The molecule has 0 aliphatic heterocycles. The lowest BCUT2D eigenvalue weighted by atomic mass is 10.0. The van der Waals surface area contributed by atoms with Gasteiger partial charge in [-0.2, -0.15) is 5.26 Å². The van der Waals surface area contributed by atoms with E-state index in [0.717, 1.165) is 11.1 Å². The summed E-state index contributed by atoms with van der Waals surface area (Å²) in [5.41, 5.74) is 2.43. The predicted molar refractivity (Wildman–Crippen MR) is 112 cm³/mol. The lowest BCUT2D eigenvalue weighted by molar-refractivity contribution is -0.136. The number of aliphatic carboxylic acids is 1.